The molecule has 0 aliphatic carbocycles. The van der Waals surface area contributed by atoms with Gasteiger partial charge in [0.25, 0.3) is 0 Å². The van der Waals surface area contributed by atoms with E-state index in [9.17, 15) is 12.8 Å². The number of sulfonamides is 1. The molecule has 114 valence electrons. The molecule has 0 bridgehead atoms. The Bertz CT molecular complexity index is 759. The summed E-state index contributed by atoms with van der Waals surface area (Å²) in [6.45, 7) is 5.14. The fraction of sp³-hybridized carbons (Fsp3) is 0.357. The van der Waals surface area contributed by atoms with Gasteiger partial charge in [-0.15, -0.1) is 0 Å². The third-order valence-electron chi connectivity index (χ3n) is 3.26. The Labute approximate surface area is 123 Å². The number of hydrogen-bond acceptors (Lipinski definition) is 3. The zero-order valence-corrected chi connectivity index (χ0v) is 13.3. The van der Waals surface area contributed by atoms with Crippen molar-refractivity contribution in [2.45, 2.75) is 32.2 Å². The second-order valence-corrected chi connectivity index (χ2v) is 6.81. The number of nitrogens with zero attached hydrogens (tertiary/aromatic N) is 2. The lowest BCUT2D eigenvalue weighted by Crippen LogP contribution is -2.25. The molecule has 1 heterocycles. The molecule has 1 N–H and O–H groups in total. The molecule has 2 aromatic rings. The summed E-state index contributed by atoms with van der Waals surface area (Å²) in [6.07, 6.45) is 1.77. The largest absolute Gasteiger partial charge is 0.275 e. The summed E-state index contributed by atoms with van der Waals surface area (Å²) in [7, 11) is -1.92. The Balaban J connectivity index is 2.29. The molecule has 0 fully saturated rings. The average molecular weight is 311 g/mol. The van der Waals surface area contributed by atoms with E-state index in [-0.39, 0.29) is 11.4 Å². The van der Waals surface area contributed by atoms with E-state index in [0.717, 1.165) is 11.3 Å². The van der Waals surface area contributed by atoms with Crippen LogP contribution in [0.3, 0.4) is 0 Å². The van der Waals surface area contributed by atoms with Gasteiger partial charge in [-0.05, 0) is 44.0 Å². The van der Waals surface area contributed by atoms with Crippen LogP contribution in [0.25, 0.3) is 0 Å². The summed E-state index contributed by atoms with van der Waals surface area (Å²) in [5, 5.41) is 4.16. The van der Waals surface area contributed by atoms with E-state index >= 15 is 0 Å². The number of nitrogens with one attached hydrogen (secondary N) is 1. The van der Waals surface area contributed by atoms with Gasteiger partial charge in [0.2, 0.25) is 10.0 Å². The van der Waals surface area contributed by atoms with Crippen LogP contribution in [0.2, 0.25) is 0 Å². The van der Waals surface area contributed by atoms with Crippen LogP contribution in [0, 0.1) is 26.6 Å². The van der Waals surface area contributed by atoms with Gasteiger partial charge in [0.1, 0.15) is 5.82 Å². The molecule has 1 aromatic carbocycles. The van der Waals surface area contributed by atoms with E-state index in [1.165, 1.54) is 12.1 Å². The first-order valence-corrected chi connectivity index (χ1v) is 7.94. The minimum atomic E-state index is -3.70. The zero-order valence-electron chi connectivity index (χ0n) is 12.4. The second-order valence-electron chi connectivity index (χ2n) is 5.11. The standard InChI is InChI=1S/C14H18FN3O2S/c1-9-5-13(15)6-10(2)14(9)21(19,20)16-7-12-8-18(4)17-11(12)3/h5-6,8,16H,7H2,1-4H3. The predicted octanol–water partition coefficient (Wildman–Crippen LogP) is 1.96. The fourth-order valence-corrected chi connectivity index (χ4v) is 3.84. The van der Waals surface area contributed by atoms with Gasteiger partial charge in [-0.25, -0.2) is 17.5 Å². The van der Waals surface area contributed by atoms with Crippen molar-refractivity contribution < 1.29 is 12.8 Å². The molecule has 1 aromatic heterocycles. The van der Waals surface area contributed by atoms with Crippen molar-refractivity contribution in [3.8, 4) is 0 Å². The maximum Gasteiger partial charge on any atom is 0.241 e. The van der Waals surface area contributed by atoms with Crippen molar-refractivity contribution in [3.05, 3.63) is 46.5 Å². The van der Waals surface area contributed by atoms with Crippen LogP contribution in [0.5, 0.6) is 0 Å². The maximum absolute atomic E-state index is 13.3. The van der Waals surface area contributed by atoms with Crippen LogP contribution < -0.4 is 4.72 Å². The Kier molecular flexibility index (Phi) is 4.15. The van der Waals surface area contributed by atoms with Gasteiger partial charge in [0.15, 0.2) is 0 Å². The van der Waals surface area contributed by atoms with Crippen LogP contribution in [-0.4, -0.2) is 18.2 Å². The highest BCUT2D eigenvalue weighted by Gasteiger charge is 2.20. The van der Waals surface area contributed by atoms with Crippen molar-refractivity contribution in [3.63, 3.8) is 0 Å². The van der Waals surface area contributed by atoms with Crippen LogP contribution in [0.4, 0.5) is 4.39 Å². The van der Waals surface area contributed by atoms with Crippen molar-refractivity contribution in [1.82, 2.24) is 14.5 Å². The quantitative estimate of drug-likeness (QED) is 0.939. The van der Waals surface area contributed by atoms with Crippen molar-refractivity contribution in [2.24, 2.45) is 7.05 Å². The van der Waals surface area contributed by atoms with Gasteiger partial charge >= 0.3 is 0 Å². The third-order valence-corrected chi connectivity index (χ3v) is 4.97. The molecule has 2 rings (SSSR count). The van der Waals surface area contributed by atoms with Gasteiger partial charge < -0.3 is 0 Å². The molecule has 5 nitrogen and oxygen atoms in total. The minimum Gasteiger partial charge on any atom is -0.275 e. The number of aryl methyl sites for hydroxylation is 4. The SMILES string of the molecule is Cc1cc(F)cc(C)c1S(=O)(=O)NCc1cn(C)nc1C. The van der Waals surface area contributed by atoms with Gasteiger partial charge in [0, 0.05) is 25.4 Å². The molecule has 0 saturated heterocycles. The zero-order chi connectivity index (χ0) is 15.8. The lowest BCUT2D eigenvalue weighted by Gasteiger charge is -2.12. The molecule has 0 saturated carbocycles. The molecule has 0 unspecified atom stereocenters. The normalized spacial score (nSPS) is 11.9. The van der Waals surface area contributed by atoms with Crippen LogP contribution in [0.1, 0.15) is 22.4 Å². The summed E-state index contributed by atoms with van der Waals surface area (Å²) < 4.78 is 42.3. The number of benzene rings is 1. The van der Waals surface area contributed by atoms with Crippen molar-refractivity contribution in [2.75, 3.05) is 0 Å². The second kappa shape index (κ2) is 5.57. The summed E-state index contributed by atoms with van der Waals surface area (Å²) in [5.41, 5.74) is 2.36. The molecule has 7 heteroatoms. The monoisotopic (exact) mass is 311 g/mol. The highest BCUT2D eigenvalue weighted by Crippen LogP contribution is 2.21. The minimum absolute atomic E-state index is 0.130. The first-order chi connectivity index (χ1) is 9.70. The topological polar surface area (TPSA) is 64.0 Å². The van der Waals surface area contributed by atoms with E-state index in [1.807, 2.05) is 6.92 Å². The predicted molar refractivity (Wildman–Crippen MR) is 77.8 cm³/mol. The molecular formula is C14H18FN3O2S. The molecule has 0 aliphatic heterocycles. The van der Waals surface area contributed by atoms with E-state index in [1.54, 1.807) is 31.8 Å². The smallest absolute Gasteiger partial charge is 0.241 e. The average Bonchev–Trinajstić information content (AvgIpc) is 2.63. The number of rotatable bonds is 4. The summed E-state index contributed by atoms with van der Waals surface area (Å²) in [4.78, 5) is 0.130. The van der Waals surface area contributed by atoms with Crippen LogP contribution in [0.15, 0.2) is 23.2 Å². The van der Waals surface area contributed by atoms with E-state index in [0.29, 0.717) is 11.1 Å². The molecule has 0 radical (unpaired) electrons. The molecule has 0 atom stereocenters. The van der Waals surface area contributed by atoms with E-state index < -0.39 is 15.8 Å². The van der Waals surface area contributed by atoms with Crippen molar-refractivity contribution >= 4 is 10.0 Å². The number of halogens is 1. The van der Waals surface area contributed by atoms with Gasteiger partial charge in [-0.1, -0.05) is 0 Å². The fourth-order valence-electron chi connectivity index (χ4n) is 2.39. The van der Waals surface area contributed by atoms with Gasteiger partial charge in [0.05, 0.1) is 10.6 Å². The first kappa shape index (κ1) is 15.7. The lowest BCUT2D eigenvalue weighted by molar-refractivity contribution is 0.578. The molecule has 21 heavy (non-hydrogen) atoms. The molecule has 0 amide bonds. The summed E-state index contributed by atoms with van der Waals surface area (Å²) >= 11 is 0. The summed E-state index contributed by atoms with van der Waals surface area (Å²) in [5.74, 6) is -0.438. The Morgan fingerprint density at radius 1 is 1.24 bits per heavy atom. The Hall–Kier alpha value is -1.73. The van der Waals surface area contributed by atoms with E-state index in [4.69, 9.17) is 0 Å². The van der Waals surface area contributed by atoms with Gasteiger partial charge in [-0.3, -0.25) is 4.68 Å². The van der Waals surface area contributed by atoms with Crippen LogP contribution in [-0.2, 0) is 23.6 Å². The first-order valence-electron chi connectivity index (χ1n) is 6.46. The highest BCUT2D eigenvalue weighted by atomic mass is 32.2. The highest BCUT2D eigenvalue weighted by molar-refractivity contribution is 7.89. The van der Waals surface area contributed by atoms with E-state index in [2.05, 4.69) is 9.82 Å². The Morgan fingerprint density at radius 3 is 2.29 bits per heavy atom. The third kappa shape index (κ3) is 3.30. The molecule has 0 aliphatic rings. The summed E-state index contributed by atoms with van der Waals surface area (Å²) in [6, 6.07) is 2.44. The lowest BCUT2D eigenvalue weighted by atomic mass is 10.1. The number of hydrogen-bond donors (Lipinski definition) is 1. The van der Waals surface area contributed by atoms with Crippen LogP contribution >= 0.6 is 0 Å². The molecule has 0 spiro atoms. The van der Waals surface area contributed by atoms with Crippen molar-refractivity contribution in [1.29, 1.82) is 0 Å². The maximum atomic E-state index is 13.3. The number of aromatic nitrogens is 2. The molecular weight excluding hydrogens is 293 g/mol. The Morgan fingerprint density at radius 2 is 1.81 bits per heavy atom. The van der Waals surface area contributed by atoms with Gasteiger partial charge in [-0.2, -0.15) is 5.10 Å².